The van der Waals surface area contributed by atoms with Crippen LogP contribution in [0.2, 0.25) is 0 Å². The van der Waals surface area contributed by atoms with Crippen LogP contribution in [0.25, 0.3) is 0 Å². The minimum atomic E-state index is 0.308. The molecule has 5 atom stereocenters. The fourth-order valence-electron chi connectivity index (χ4n) is 6.33. The Hall–Kier alpha value is -0.670. The summed E-state index contributed by atoms with van der Waals surface area (Å²) in [5, 5.41) is 9.17. The molecule has 0 bridgehead atoms. The number of rotatable bonds is 4. The summed E-state index contributed by atoms with van der Waals surface area (Å²) in [4.78, 5) is 5.52. The van der Waals surface area contributed by atoms with E-state index in [0.29, 0.717) is 17.9 Å². The first-order valence-electron chi connectivity index (χ1n) is 12.0. The maximum absolute atomic E-state index is 9.17. The lowest BCUT2D eigenvalue weighted by molar-refractivity contribution is 0.0491. The van der Waals surface area contributed by atoms with Crippen LogP contribution in [0.15, 0.2) is 0 Å². The second-order valence-corrected chi connectivity index (χ2v) is 10.3. The van der Waals surface area contributed by atoms with Crippen LogP contribution in [0.1, 0.15) is 58.8 Å². The average Bonchev–Trinajstić information content (AvgIpc) is 3.19. The summed E-state index contributed by atoms with van der Waals surface area (Å²) in [5.41, 5.74) is 7.05. The molecule has 0 aromatic carbocycles. The van der Waals surface area contributed by atoms with Gasteiger partial charge < -0.3 is 4.90 Å². The number of hydrazine groups is 1. The van der Waals surface area contributed by atoms with Crippen LogP contribution >= 0.6 is 0 Å². The highest BCUT2D eigenvalue weighted by atomic mass is 15.4. The zero-order chi connectivity index (χ0) is 19.5. The molecule has 4 aliphatic rings. The maximum Gasteiger partial charge on any atom is 0.0655 e. The molecule has 2 heterocycles. The van der Waals surface area contributed by atoms with Gasteiger partial charge in [0.1, 0.15) is 0 Å². The third-order valence-electron chi connectivity index (χ3n) is 8.59. The minimum absolute atomic E-state index is 0.308. The Morgan fingerprint density at radius 1 is 0.929 bits per heavy atom. The van der Waals surface area contributed by atoms with Crippen LogP contribution in [0, 0.1) is 40.9 Å². The second kappa shape index (κ2) is 9.43. The van der Waals surface area contributed by atoms with Gasteiger partial charge >= 0.3 is 0 Å². The summed E-state index contributed by atoms with van der Waals surface area (Å²) < 4.78 is 0. The zero-order valence-electron chi connectivity index (χ0n) is 18.1. The fourth-order valence-corrected chi connectivity index (χ4v) is 6.33. The maximum atomic E-state index is 9.17. The molecular formula is C23H41N5. The third kappa shape index (κ3) is 4.73. The van der Waals surface area contributed by atoms with E-state index in [1.54, 1.807) is 0 Å². The van der Waals surface area contributed by atoms with Crippen molar-refractivity contribution >= 4 is 0 Å². The molecule has 2 aliphatic heterocycles. The van der Waals surface area contributed by atoms with Crippen molar-refractivity contribution < 1.29 is 0 Å². The van der Waals surface area contributed by atoms with Gasteiger partial charge in [-0.25, -0.2) is 0 Å². The summed E-state index contributed by atoms with van der Waals surface area (Å²) in [5.74, 6) is 3.58. The standard InChI is InChI=1S/C23H41N5/c1-17-3-8-22(13-18(17)2)28-11-9-27(10-12-28)16-21-15-25-26-23(21)20-6-4-19(14-24)5-7-20/h17-23,25-26H,3-13,15-16H2,1-2H3. The van der Waals surface area contributed by atoms with Crippen LogP contribution < -0.4 is 10.9 Å². The number of hydrogen-bond donors (Lipinski definition) is 2. The van der Waals surface area contributed by atoms with Crippen molar-refractivity contribution in [2.75, 3.05) is 39.3 Å². The number of nitrogens with zero attached hydrogens (tertiary/aromatic N) is 3. The van der Waals surface area contributed by atoms with Crippen LogP contribution in [0.3, 0.4) is 0 Å². The number of nitrogens with one attached hydrogen (secondary N) is 2. The predicted octanol–water partition coefficient (Wildman–Crippen LogP) is 2.85. The molecule has 28 heavy (non-hydrogen) atoms. The van der Waals surface area contributed by atoms with Crippen molar-refractivity contribution in [3.05, 3.63) is 0 Å². The fraction of sp³-hybridized carbons (Fsp3) is 0.957. The van der Waals surface area contributed by atoms with Gasteiger partial charge in [0.05, 0.1) is 6.07 Å². The Balaban J connectivity index is 1.23. The summed E-state index contributed by atoms with van der Waals surface area (Å²) in [6.07, 6.45) is 8.88. The molecule has 0 aromatic rings. The van der Waals surface area contributed by atoms with Gasteiger partial charge in [-0.05, 0) is 62.7 Å². The van der Waals surface area contributed by atoms with Gasteiger partial charge in [-0.2, -0.15) is 5.26 Å². The van der Waals surface area contributed by atoms with Crippen molar-refractivity contribution in [1.29, 1.82) is 5.26 Å². The molecule has 0 radical (unpaired) electrons. The third-order valence-corrected chi connectivity index (χ3v) is 8.59. The highest BCUT2D eigenvalue weighted by molar-refractivity contribution is 4.95. The molecule has 0 spiro atoms. The molecule has 2 aliphatic carbocycles. The normalized spacial score (nSPS) is 43.7. The molecule has 4 rings (SSSR count). The van der Waals surface area contributed by atoms with Gasteiger partial charge in [-0.3, -0.25) is 15.8 Å². The van der Waals surface area contributed by atoms with Crippen LogP contribution in [-0.4, -0.2) is 61.2 Å². The first kappa shape index (κ1) is 20.6. The zero-order valence-corrected chi connectivity index (χ0v) is 18.1. The Kier molecular flexibility index (Phi) is 6.94. The van der Waals surface area contributed by atoms with E-state index in [4.69, 9.17) is 5.26 Å². The molecule has 0 aromatic heterocycles. The van der Waals surface area contributed by atoms with E-state index >= 15 is 0 Å². The predicted molar refractivity (Wildman–Crippen MR) is 113 cm³/mol. The van der Waals surface area contributed by atoms with E-state index in [2.05, 4.69) is 40.6 Å². The molecule has 158 valence electrons. The van der Waals surface area contributed by atoms with Crippen molar-refractivity contribution in [2.24, 2.45) is 29.6 Å². The lowest BCUT2D eigenvalue weighted by Gasteiger charge is -2.44. The highest BCUT2D eigenvalue weighted by Gasteiger charge is 2.37. The minimum Gasteiger partial charge on any atom is -0.300 e. The Bertz CT molecular complexity index is 530. The van der Waals surface area contributed by atoms with E-state index < -0.39 is 0 Å². The van der Waals surface area contributed by atoms with E-state index in [1.165, 1.54) is 64.8 Å². The molecule has 5 heteroatoms. The van der Waals surface area contributed by atoms with Crippen LogP contribution in [0.4, 0.5) is 0 Å². The van der Waals surface area contributed by atoms with Gasteiger partial charge in [-0.1, -0.05) is 13.8 Å². The smallest absolute Gasteiger partial charge is 0.0655 e. The van der Waals surface area contributed by atoms with Crippen LogP contribution in [0.5, 0.6) is 0 Å². The van der Waals surface area contributed by atoms with Crippen LogP contribution in [-0.2, 0) is 0 Å². The van der Waals surface area contributed by atoms with Crippen molar-refractivity contribution in [3.63, 3.8) is 0 Å². The highest BCUT2D eigenvalue weighted by Crippen LogP contribution is 2.35. The molecule has 4 fully saturated rings. The topological polar surface area (TPSA) is 54.3 Å². The molecule has 5 unspecified atom stereocenters. The van der Waals surface area contributed by atoms with Gasteiger partial charge in [-0.15, -0.1) is 0 Å². The molecule has 0 amide bonds. The Morgan fingerprint density at radius 3 is 2.36 bits per heavy atom. The number of piperazine rings is 1. The first-order chi connectivity index (χ1) is 13.6. The summed E-state index contributed by atoms with van der Waals surface area (Å²) in [7, 11) is 0. The van der Waals surface area contributed by atoms with E-state index in [9.17, 15) is 0 Å². The van der Waals surface area contributed by atoms with Gasteiger partial charge in [0.15, 0.2) is 0 Å². The molecular weight excluding hydrogens is 346 g/mol. The Labute approximate surface area is 172 Å². The lowest BCUT2D eigenvalue weighted by Crippen LogP contribution is -2.53. The largest absolute Gasteiger partial charge is 0.300 e. The van der Waals surface area contributed by atoms with Crippen molar-refractivity contribution in [1.82, 2.24) is 20.7 Å². The molecule has 2 saturated carbocycles. The van der Waals surface area contributed by atoms with E-state index in [0.717, 1.165) is 43.2 Å². The molecule has 2 saturated heterocycles. The van der Waals surface area contributed by atoms with Gasteiger partial charge in [0.25, 0.3) is 0 Å². The Morgan fingerprint density at radius 2 is 1.68 bits per heavy atom. The summed E-state index contributed by atoms with van der Waals surface area (Å²) in [6.45, 7) is 12.2. The number of hydrogen-bond acceptors (Lipinski definition) is 5. The van der Waals surface area contributed by atoms with E-state index in [1.807, 2.05) is 0 Å². The van der Waals surface area contributed by atoms with Gasteiger partial charge in [0, 0.05) is 63.2 Å². The average molecular weight is 388 g/mol. The molecule has 2 N–H and O–H groups in total. The second-order valence-electron chi connectivity index (χ2n) is 10.3. The first-order valence-corrected chi connectivity index (χ1v) is 12.0. The lowest BCUT2D eigenvalue weighted by atomic mass is 9.76. The molecule has 5 nitrogen and oxygen atoms in total. The quantitative estimate of drug-likeness (QED) is 0.777. The monoisotopic (exact) mass is 387 g/mol. The summed E-state index contributed by atoms with van der Waals surface area (Å²) in [6, 6.07) is 3.91. The van der Waals surface area contributed by atoms with Gasteiger partial charge in [0.2, 0.25) is 0 Å². The summed E-state index contributed by atoms with van der Waals surface area (Å²) >= 11 is 0. The van der Waals surface area contributed by atoms with E-state index in [-0.39, 0.29) is 0 Å². The SMILES string of the molecule is CC1CCC(N2CCN(CC3CNNC3C3CCC(C#N)CC3)CC2)CC1C. The van der Waals surface area contributed by atoms with Crippen molar-refractivity contribution in [3.8, 4) is 6.07 Å². The number of nitriles is 1. The van der Waals surface area contributed by atoms with Crippen molar-refractivity contribution in [2.45, 2.75) is 70.9 Å².